The van der Waals surface area contributed by atoms with Crippen LogP contribution in [0.5, 0.6) is 0 Å². The summed E-state index contributed by atoms with van der Waals surface area (Å²) >= 11 is 0. The van der Waals surface area contributed by atoms with Crippen LogP contribution in [-0.4, -0.2) is 11.8 Å². The Labute approximate surface area is 147 Å². The van der Waals surface area contributed by atoms with Crippen LogP contribution in [0.3, 0.4) is 0 Å². The standard InChI is InChI=1S/C21H19NO3/c1-13-9-10-15(14(2)12-13)19-20(24)16-6-3-4-7-17(16)21(19)25-18(23)8-5-11-22/h3-4,6-7,9-10,12,19,21H,5,8H2,1-2H3. The molecule has 0 spiro atoms. The minimum Gasteiger partial charge on any atom is -0.456 e. The van der Waals surface area contributed by atoms with Crippen molar-refractivity contribution in [1.29, 1.82) is 5.26 Å². The number of esters is 1. The molecule has 0 aliphatic heterocycles. The molecule has 0 saturated carbocycles. The van der Waals surface area contributed by atoms with Crippen molar-refractivity contribution in [3.05, 3.63) is 70.3 Å². The summed E-state index contributed by atoms with van der Waals surface area (Å²) in [5.74, 6) is -1.02. The Bertz CT molecular complexity index is 879. The van der Waals surface area contributed by atoms with Crippen LogP contribution in [0, 0.1) is 25.2 Å². The summed E-state index contributed by atoms with van der Waals surface area (Å²) < 4.78 is 5.65. The average Bonchev–Trinajstić information content (AvgIpc) is 2.86. The molecule has 1 aliphatic rings. The molecule has 4 heteroatoms. The van der Waals surface area contributed by atoms with E-state index in [2.05, 4.69) is 0 Å². The maximum absolute atomic E-state index is 13.0. The Kier molecular flexibility index (Phi) is 4.67. The van der Waals surface area contributed by atoms with E-state index in [1.165, 1.54) is 0 Å². The van der Waals surface area contributed by atoms with Crippen molar-refractivity contribution in [2.75, 3.05) is 0 Å². The number of carbonyl (C=O) groups excluding carboxylic acids is 2. The second-order valence-electron chi connectivity index (χ2n) is 6.36. The molecule has 126 valence electrons. The summed E-state index contributed by atoms with van der Waals surface area (Å²) in [6, 6.07) is 15.1. The summed E-state index contributed by atoms with van der Waals surface area (Å²) in [4.78, 5) is 25.1. The Balaban J connectivity index is 2.02. The Morgan fingerprint density at radius 2 is 1.92 bits per heavy atom. The first kappa shape index (κ1) is 16.9. The van der Waals surface area contributed by atoms with Gasteiger partial charge in [0.15, 0.2) is 5.78 Å². The van der Waals surface area contributed by atoms with Gasteiger partial charge in [0.2, 0.25) is 0 Å². The number of nitriles is 1. The molecule has 2 aromatic carbocycles. The van der Waals surface area contributed by atoms with Crippen molar-refractivity contribution in [3.63, 3.8) is 0 Å². The number of hydrogen-bond donors (Lipinski definition) is 0. The Morgan fingerprint density at radius 1 is 1.16 bits per heavy atom. The maximum atomic E-state index is 13.0. The number of benzene rings is 2. The van der Waals surface area contributed by atoms with Crippen LogP contribution < -0.4 is 0 Å². The molecule has 0 bridgehead atoms. The van der Waals surface area contributed by atoms with E-state index < -0.39 is 18.0 Å². The minimum absolute atomic E-state index is 0.0272. The molecule has 0 aromatic heterocycles. The first-order valence-electron chi connectivity index (χ1n) is 8.29. The van der Waals surface area contributed by atoms with Gasteiger partial charge >= 0.3 is 5.97 Å². The fourth-order valence-corrected chi connectivity index (χ4v) is 3.42. The van der Waals surface area contributed by atoms with E-state index in [9.17, 15) is 9.59 Å². The first-order valence-corrected chi connectivity index (χ1v) is 8.29. The van der Waals surface area contributed by atoms with Crippen LogP contribution >= 0.6 is 0 Å². The number of nitrogens with zero attached hydrogens (tertiary/aromatic N) is 1. The monoisotopic (exact) mass is 333 g/mol. The van der Waals surface area contributed by atoms with Crippen LogP contribution in [-0.2, 0) is 9.53 Å². The van der Waals surface area contributed by atoms with Gasteiger partial charge in [-0.1, -0.05) is 48.0 Å². The third-order valence-electron chi connectivity index (χ3n) is 4.58. The van der Waals surface area contributed by atoms with Crippen LogP contribution in [0.4, 0.5) is 0 Å². The number of aryl methyl sites for hydroxylation is 2. The molecular formula is C21H19NO3. The number of hydrogen-bond acceptors (Lipinski definition) is 4. The predicted molar refractivity (Wildman–Crippen MR) is 93.1 cm³/mol. The number of fused-ring (bicyclic) bond motifs is 1. The van der Waals surface area contributed by atoms with Gasteiger partial charge in [0.25, 0.3) is 0 Å². The summed E-state index contributed by atoms with van der Waals surface area (Å²) in [5.41, 5.74) is 4.34. The van der Waals surface area contributed by atoms with Crippen molar-refractivity contribution >= 4 is 11.8 Å². The third kappa shape index (κ3) is 3.18. The summed E-state index contributed by atoms with van der Waals surface area (Å²) in [5, 5.41) is 8.66. The zero-order valence-electron chi connectivity index (χ0n) is 14.3. The molecule has 2 atom stereocenters. The van der Waals surface area contributed by atoms with E-state index in [4.69, 9.17) is 10.00 Å². The molecular weight excluding hydrogens is 314 g/mol. The molecule has 4 nitrogen and oxygen atoms in total. The lowest BCUT2D eigenvalue weighted by Crippen LogP contribution is -2.18. The van der Waals surface area contributed by atoms with Crippen molar-refractivity contribution in [2.45, 2.75) is 38.7 Å². The van der Waals surface area contributed by atoms with Gasteiger partial charge in [0, 0.05) is 17.5 Å². The number of ketones is 1. The maximum Gasteiger partial charge on any atom is 0.307 e. The second-order valence-corrected chi connectivity index (χ2v) is 6.36. The molecule has 0 N–H and O–H groups in total. The number of Topliss-reactive ketones (excluding diaryl/α,β-unsaturated/α-hetero) is 1. The van der Waals surface area contributed by atoms with Crippen molar-refractivity contribution < 1.29 is 14.3 Å². The smallest absolute Gasteiger partial charge is 0.307 e. The molecule has 0 heterocycles. The molecule has 2 aromatic rings. The molecule has 2 unspecified atom stereocenters. The molecule has 0 radical (unpaired) electrons. The lowest BCUT2D eigenvalue weighted by molar-refractivity contribution is -0.149. The summed E-state index contributed by atoms with van der Waals surface area (Å²) in [6.45, 7) is 3.97. The van der Waals surface area contributed by atoms with Gasteiger partial charge in [-0.3, -0.25) is 9.59 Å². The average molecular weight is 333 g/mol. The van der Waals surface area contributed by atoms with Crippen molar-refractivity contribution in [3.8, 4) is 6.07 Å². The van der Waals surface area contributed by atoms with Gasteiger partial charge in [-0.05, 0) is 25.0 Å². The molecule has 0 saturated heterocycles. The predicted octanol–water partition coefficient (Wildman–Crippen LogP) is 4.17. The number of ether oxygens (including phenoxy) is 1. The van der Waals surface area contributed by atoms with E-state index in [-0.39, 0.29) is 18.6 Å². The van der Waals surface area contributed by atoms with Crippen LogP contribution in [0.1, 0.15) is 57.5 Å². The van der Waals surface area contributed by atoms with Crippen LogP contribution in [0.2, 0.25) is 0 Å². The SMILES string of the molecule is Cc1ccc(C2C(=O)c3ccccc3C2OC(=O)CCC#N)c(C)c1. The zero-order chi connectivity index (χ0) is 18.0. The Hall–Kier alpha value is -2.93. The highest BCUT2D eigenvalue weighted by molar-refractivity contribution is 6.06. The highest BCUT2D eigenvalue weighted by Crippen LogP contribution is 2.45. The van der Waals surface area contributed by atoms with E-state index in [1.807, 2.05) is 56.3 Å². The van der Waals surface area contributed by atoms with Gasteiger partial charge < -0.3 is 4.74 Å². The molecule has 25 heavy (non-hydrogen) atoms. The molecule has 3 rings (SSSR count). The lowest BCUT2D eigenvalue weighted by atomic mass is 9.89. The number of rotatable bonds is 4. The van der Waals surface area contributed by atoms with Gasteiger partial charge in [-0.25, -0.2) is 0 Å². The van der Waals surface area contributed by atoms with Gasteiger partial charge in [0.05, 0.1) is 18.4 Å². The fraction of sp³-hybridized carbons (Fsp3) is 0.286. The van der Waals surface area contributed by atoms with Crippen molar-refractivity contribution in [2.24, 2.45) is 0 Å². The van der Waals surface area contributed by atoms with E-state index in [0.29, 0.717) is 5.56 Å². The van der Waals surface area contributed by atoms with E-state index in [1.54, 1.807) is 6.07 Å². The fourth-order valence-electron chi connectivity index (χ4n) is 3.42. The van der Waals surface area contributed by atoms with Crippen molar-refractivity contribution in [1.82, 2.24) is 0 Å². The quantitative estimate of drug-likeness (QED) is 0.788. The minimum atomic E-state index is -0.642. The first-order chi connectivity index (χ1) is 12.0. The Morgan fingerprint density at radius 3 is 2.64 bits per heavy atom. The number of carbonyl (C=O) groups is 2. The van der Waals surface area contributed by atoms with E-state index >= 15 is 0 Å². The normalized spacial score (nSPS) is 18.5. The third-order valence-corrected chi connectivity index (χ3v) is 4.58. The summed E-state index contributed by atoms with van der Waals surface area (Å²) in [6.07, 6.45) is -0.505. The van der Waals surface area contributed by atoms with Gasteiger partial charge in [-0.15, -0.1) is 0 Å². The largest absolute Gasteiger partial charge is 0.456 e. The molecule has 1 aliphatic carbocycles. The van der Waals surface area contributed by atoms with E-state index in [0.717, 1.165) is 22.3 Å². The van der Waals surface area contributed by atoms with Gasteiger partial charge in [0.1, 0.15) is 6.10 Å². The zero-order valence-corrected chi connectivity index (χ0v) is 14.3. The topological polar surface area (TPSA) is 67.2 Å². The highest BCUT2D eigenvalue weighted by atomic mass is 16.5. The second kappa shape index (κ2) is 6.90. The molecule has 0 amide bonds. The highest BCUT2D eigenvalue weighted by Gasteiger charge is 2.43. The van der Waals surface area contributed by atoms with Crippen LogP contribution in [0.25, 0.3) is 0 Å². The van der Waals surface area contributed by atoms with Gasteiger partial charge in [-0.2, -0.15) is 5.26 Å². The summed E-state index contributed by atoms with van der Waals surface area (Å²) in [7, 11) is 0. The van der Waals surface area contributed by atoms with Crippen LogP contribution in [0.15, 0.2) is 42.5 Å². The molecule has 0 fully saturated rings. The lowest BCUT2D eigenvalue weighted by Gasteiger charge is -2.22.